The Morgan fingerprint density at radius 1 is 0.952 bits per heavy atom. The number of aryl methyl sites for hydroxylation is 1. The van der Waals surface area contributed by atoms with E-state index in [1.807, 2.05) is 12.1 Å². The topological polar surface area (TPSA) is 3.24 Å². The second-order valence-electron chi connectivity index (χ2n) is 5.66. The Balaban J connectivity index is 0.00000161. The van der Waals surface area contributed by atoms with E-state index in [1.54, 1.807) is 0 Å². The minimum absolute atomic E-state index is 0. The zero-order chi connectivity index (χ0) is 13.8. The van der Waals surface area contributed by atoms with E-state index in [9.17, 15) is 0 Å². The minimum atomic E-state index is 0. The summed E-state index contributed by atoms with van der Waals surface area (Å²) in [5.74, 6) is 0. The summed E-state index contributed by atoms with van der Waals surface area (Å²) in [6.07, 6.45) is 6.58. The van der Waals surface area contributed by atoms with Gasteiger partial charge in [-0.05, 0) is 12.8 Å². The van der Waals surface area contributed by atoms with Gasteiger partial charge in [0.25, 0.3) is 0 Å². The molecule has 107 valence electrons. The fraction of sp³-hybridized carbons (Fsp3) is 0.368. The molecule has 1 aliphatic rings. The monoisotopic (exact) mass is 352 g/mol. The molecule has 0 atom stereocenters. The van der Waals surface area contributed by atoms with Gasteiger partial charge in [0, 0.05) is 38.8 Å². The molecule has 0 heterocycles. The van der Waals surface area contributed by atoms with E-state index in [4.69, 9.17) is 0 Å². The number of anilines is 2. The molecule has 2 aromatic rings. The Morgan fingerprint density at radius 2 is 1.71 bits per heavy atom. The Kier molecular flexibility index (Phi) is 6.45. The van der Waals surface area contributed by atoms with Gasteiger partial charge in [-0.15, -0.1) is 12.1 Å². The van der Waals surface area contributed by atoms with Crippen LogP contribution in [0.2, 0.25) is 0 Å². The molecule has 0 unspecified atom stereocenters. The molecular weight excluding hydrogens is 331 g/mol. The molecule has 1 fully saturated rings. The Morgan fingerprint density at radius 3 is 2.33 bits per heavy atom. The quantitative estimate of drug-likeness (QED) is 0.698. The van der Waals surface area contributed by atoms with Crippen molar-refractivity contribution in [2.75, 3.05) is 4.90 Å². The second-order valence-corrected chi connectivity index (χ2v) is 5.66. The van der Waals surface area contributed by atoms with Gasteiger partial charge in [-0.2, -0.15) is 48.0 Å². The van der Waals surface area contributed by atoms with Crippen molar-refractivity contribution in [3.05, 3.63) is 60.2 Å². The molecule has 0 saturated heterocycles. The maximum atomic E-state index is 3.44. The average Bonchev–Trinajstić information content (AvgIpc) is 2.52. The molecule has 2 heteroatoms. The summed E-state index contributed by atoms with van der Waals surface area (Å²) < 4.78 is 0. The Labute approximate surface area is 153 Å². The summed E-state index contributed by atoms with van der Waals surface area (Å²) in [5.41, 5.74) is 3.60. The van der Waals surface area contributed by atoms with E-state index in [2.05, 4.69) is 54.3 Å². The largest absolute Gasteiger partial charge is 0.385 e. The number of hydrogen-bond acceptors (Lipinski definition) is 1. The van der Waals surface area contributed by atoms with E-state index in [0.29, 0.717) is 6.04 Å². The number of nitrogens with zero attached hydrogens (tertiary/aromatic N) is 1. The normalized spacial score (nSPS) is 15.3. The standard InChI is InChI=1S/C19H21N.Y/c1-16-12-14-19(15-13-16)20(17-8-4-2-5-9-17)18-10-6-3-7-11-18;/h2,4-5,8,12-14,18H,3,6-7,10-11H2,1H3;/q-2;. The first-order valence-corrected chi connectivity index (χ1v) is 7.59. The van der Waals surface area contributed by atoms with Gasteiger partial charge in [0.2, 0.25) is 0 Å². The molecule has 0 aromatic heterocycles. The van der Waals surface area contributed by atoms with Crippen molar-refractivity contribution in [1.29, 1.82) is 0 Å². The summed E-state index contributed by atoms with van der Waals surface area (Å²) in [6.45, 7) is 2.11. The smallest absolute Gasteiger partial charge is 0.0297 e. The molecule has 0 N–H and O–H groups in total. The predicted molar refractivity (Wildman–Crippen MR) is 84.3 cm³/mol. The third-order valence-corrected chi connectivity index (χ3v) is 4.10. The second kappa shape index (κ2) is 8.10. The molecule has 1 saturated carbocycles. The van der Waals surface area contributed by atoms with Gasteiger partial charge in [0.15, 0.2) is 0 Å². The van der Waals surface area contributed by atoms with E-state index in [1.165, 1.54) is 49.0 Å². The van der Waals surface area contributed by atoms with Crippen LogP contribution in [-0.2, 0) is 32.7 Å². The first kappa shape index (κ1) is 16.7. The zero-order valence-electron chi connectivity index (χ0n) is 12.7. The minimum Gasteiger partial charge on any atom is -0.385 e. The first-order valence-electron chi connectivity index (χ1n) is 7.59. The van der Waals surface area contributed by atoms with Crippen LogP contribution in [0.3, 0.4) is 0 Å². The number of hydrogen-bond donors (Lipinski definition) is 0. The summed E-state index contributed by atoms with van der Waals surface area (Å²) in [5, 5.41) is 0. The van der Waals surface area contributed by atoms with E-state index in [-0.39, 0.29) is 32.7 Å². The molecule has 21 heavy (non-hydrogen) atoms. The molecule has 0 bridgehead atoms. The fourth-order valence-electron chi connectivity index (χ4n) is 3.04. The van der Waals surface area contributed by atoms with Crippen molar-refractivity contribution in [1.82, 2.24) is 0 Å². The maximum Gasteiger partial charge on any atom is 0.0297 e. The zero-order valence-corrected chi connectivity index (χ0v) is 15.5. The van der Waals surface area contributed by atoms with Crippen LogP contribution in [-0.4, -0.2) is 6.04 Å². The van der Waals surface area contributed by atoms with Gasteiger partial charge in [-0.3, -0.25) is 0 Å². The Bertz CT molecular complexity index is 529. The van der Waals surface area contributed by atoms with E-state index < -0.39 is 0 Å². The molecule has 2 aromatic carbocycles. The van der Waals surface area contributed by atoms with Crippen molar-refractivity contribution in [3.63, 3.8) is 0 Å². The fourth-order valence-corrected chi connectivity index (χ4v) is 3.04. The van der Waals surface area contributed by atoms with E-state index in [0.717, 1.165) is 0 Å². The third kappa shape index (κ3) is 4.17. The number of benzene rings is 2. The van der Waals surface area contributed by atoms with Crippen molar-refractivity contribution < 1.29 is 32.7 Å². The summed E-state index contributed by atoms with van der Waals surface area (Å²) >= 11 is 0. The van der Waals surface area contributed by atoms with Crippen LogP contribution in [0.5, 0.6) is 0 Å². The van der Waals surface area contributed by atoms with Gasteiger partial charge in [-0.25, -0.2) is 0 Å². The molecule has 0 amide bonds. The SMILES string of the molecule is Cc1c[c-]c(N(c2[c-]cccc2)C2CCCCC2)cc1.[Y]. The third-order valence-electron chi connectivity index (χ3n) is 4.10. The van der Waals surface area contributed by atoms with Crippen molar-refractivity contribution >= 4 is 11.4 Å². The number of para-hydroxylation sites is 1. The van der Waals surface area contributed by atoms with Gasteiger partial charge in [0.1, 0.15) is 0 Å². The van der Waals surface area contributed by atoms with Crippen LogP contribution in [0.25, 0.3) is 0 Å². The molecule has 0 spiro atoms. The van der Waals surface area contributed by atoms with Crippen LogP contribution in [0.1, 0.15) is 37.7 Å². The van der Waals surface area contributed by atoms with Crippen LogP contribution >= 0.6 is 0 Å². The molecule has 1 radical (unpaired) electrons. The van der Waals surface area contributed by atoms with Crippen LogP contribution in [0.15, 0.2) is 42.5 Å². The van der Waals surface area contributed by atoms with Crippen molar-refractivity contribution in [2.45, 2.75) is 45.1 Å². The molecule has 1 aliphatic carbocycles. The Hall–Kier alpha value is -0.656. The summed E-state index contributed by atoms with van der Waals surface area (Å²) in [7, 11) is 0. The van der Waals surface area contributed by atoms with Crippen LogP contribution < -0.4 is 4.90 Å². The van der Waals surface area contributed by atoms with Gasteiger partial charge in [0.05, 0.1) is 0 Å². The first-order chi connectivity index (χ1) is 9.84. The van der Waals surface area contributed by atoms with Gasteiger partial charge < -0.3 is 4.90 Å². The summed E-state index contributed by atoms with van der Waals surface area (Å²) in [4.78, 5) is 2.43. The van der Waals surface area contributed by atoms with Crippen molar-refractivity contribution in [3.8, 4) is 0 Å². The average molecular weight is 352 g/mol. The van der Waals surface area contributed by atoms with Crippen LogP contribution in [0.4, 0.5) is 11.4 Å². The number of rotatable bonds is 3. The summed E-state index contributed by atoms with van der Waals surface area (Å²) in [6, 6.07) is 22.1. The van der Waals surface area contributed by atoms with Gasteiger partial charge in [-0.1, -0.05) is 37.6 Å². The van der Waals surface area contributed by atoms with Crippen LogP contribution in [0, 0.1) is 19.1 Å². The van der Waals surface area contributed by atoms with Crippen molar-refractivity contribution in [2.24, 2.45) is 0 Å². The predicted octanol–water partition coefficient (Wildman–Crippen LogP) is 5.06. The molecule has 0 aliphatic heterocycles. The maximum absolute atomic E-state index is 3.44. The van der Waals surface area contributed by atoms with Gasteiger partial charge >= 0.3 is 0 Å². The molecule has 1 nitrogen and oxygen atoms in total. The molecular formula is C19H21NY-2. The molecule has 3 rings (SSSR count). The van der Waals surface area contributed by atoms with E-state index >= 15 is 0 Å².